The molecule has 0 amide bonds. The highest BCUT2D eigenvalue weighted by Gasteiger charge is 2.46. The van der Waals surface area contributed by atoms with E-state index in [1.807, 2.05) is 0 Å². The average molecular weight is 283 g/mol. The van der Waals surface area contributed by atoms with Crippen LogP contribution in [-0.4, -0.2) is 35.4 Å². The van der Waals surface area contributed by atoms with Gasteiger partial charge >= 0.3 is 5.97 Å². The summed E-state index contributed by atoms with van der Waals surface area (Å²) in [6.07, 6.45) is 7.92. The molecule has 2 aliphatic carbocycles. The molecule has 116 valence electrons. The number of nitrogens with one attached hydrogen (secondary N) is 1. The lowest BCUT2D eigenvalue weighted by Crippen LogP contribution is -2.57. The topological polar surface area (TPSA) is 58.6 Å². The first-order valence-corrected chi connectivity index (χ1v) is 8.14. The fraction of sp³-hybridized carbons (Fsp3) is 0.938. The molecule has 0 aromatic rings. The van der Waals surface area contributed by atoms with E-state index in [-0.39, 0.29) is 6.10 Å². The van der Waals surface area contributed by atoms with Crippen molar-refractivity contribution >= 4 is 5.97 Å². The molecule has 0 aromatic carbocycles. The summed E-state index contributed by atoms with van der Waals surface area (Å²) >= 11 is 0. The molecular weight excluding hydrogens is 254 g/mol. The normalized spacial score (nSPS) is 30.6. The third kappa shape index (κ3) is 4.45. The molecule has 0 saturated heterocycles. The van der Waals surface area contributed by atoms with Crippen LogP contribution in [0.4, 0.5) is 0 Å². The van der Waals surface area contributed by atoms with Gasteiger partial charge in [0.1, 0.15) is 5.54 Å². The molecule has 2 rings (SSSR count). The second-order valence-electron chi connectivity index (χ2n) is 6.93. The number of ether oxygens (including phenoxy) is 1. The number of carbonyl (C=O) groups is 1. The smallest absolute Gasteiger partial charge is 0.324 e. The van der Waals surface area contributed by atoms with Crippen molar-refractivity contribution in [2.75, 3.05) is 6.61 Å². The molecular formula is C16H29NO3. The summed E-state index contributed by atoms with van der Waals surface area (Å²) in [6.45, 7) is 5.20. The summed E-state index contributed by atoms with van der Waals surface area (Å²) in [7, 11) is 0. The quantitative estimate of drug-likeness (QED) is 0.672. The van der Waals surface area contributed by atoms with Crippen molar-refractivity contribution in [3.05, 3.63) is 0 Å². The van der Waals surface area contributed by atoms with Gasteiger partial charge in [-0.25, -0.2) is 0 Å². The minimum atomic E-state index is -0.734. The average Bonchev–Trinajstić information content (AvgIpc) is 3.18. The molecule has 0 heterocycles. The van der Waals surface area contributed by atoms with Gasteiger partial charge in [-0.15, -0.1) is 0 Å². The van der Waals surface area contributed by atoms with Crippen LogP contribution in [0.5, 0.6) is 0 Å². The van der Waals surface area contributed by atoms with Crippen LogP contribution in [0.15, 0.2) is 0 Å². The van der Waals surface area contributed by atoms with Crippen molar-refractivity contribution in [2.45, 2.75) is 82.9 Å². The van der Waals surface area contributed by atoms with E-state index >= 15 is 0 Å². The van der Waals surface area contributed by atoms with Gasteiger partial charge < -0.3 is 9.84 Å². The largest absolute Gasteiger partial charge is 0.480 e. The summed E-state index contributed by atoms with van der Waals surface area (Å²) in [5, 5.41) is 13.0. The molecule has 2 unspecified atom stereocenters. The number of hydrogen-bond acceptors (Lipinski definition) is 3. The molecule has 0 aliphatic heterocycles. The lowest BCUT2D eigenvalue weighted by atomic mass is 9.80. The van der Waals surface area contributed by atoms with Gasteiger partial charge in [0.15, 0.2) is 0 Å². The number of hydrogen-bond donors (Lipinski definition) is 2. The lowest BCUT2D eigenvalue weighted by molar-refractivity contribution is -0.149. The molecule has 4 nitrogen and oxygen atoms in total. The van der Waals surface area contributed by atoms with Crippen molar-refractivity contribution in [3.63, 3.8) is 0 Å². The molecule has 20 heavy (non-hydrogen) atoms. The summed E-state index contributed by atoms with van der Waals surface area (Å²) in [4.78, 5) is 11.7. The Hall–Kier alpha value is -0.610. The highest BCUT2D eigenvalue weighted by molar-refractivity contribution is 5.79. The van der Waals surface area contributed by atoms with E-state index in [9.17, 15) is 9.90 Å². The van der Waals surface area contributed by atoms with Gasteiger partial charge in [0.05, 0.1) is 6.10 Å². The van der Waals surface area contributed by atoms with Crippen molar-refractivity contribution < 1.29 is 14.6 Å². The number of carboxylic acids is 1. The maximum Gasteiger partial charge on any atom is 0.324 e. The molecule has 2 atom stereocenters. The van der Waals surface area contributed by atoms with Crippen LogP contribution in [0.1, 0.15) is 65.2 Å². The van der Waals surface area contributed by atoms with E-state index in [0.717, 1.165) is 45.1 Å². The van der Waals surface area contributed by atoms with Gasteiger partial charge in [-0.2, -0.15) is 0 Å². The Morgan fingerprint density at radius 3 is 2.75 bits per heavy atom. The minimum absolute atomic E-state index is 0.110. The van der Waals surface area contributed by atoms with E-state index in [2.05, 4.69) is 19.2 Å². The van der Waals surface area contributed by atoms with Crippen LogP contribution < -0.4 is 5.32 Å². The van der Waals surface area contributed by atoms with Gasteiger partial charge in [-0.05, 0) is 50.9 Å². The SMILES string of the molecule is CC(C)CCCOC1CCCC(NC2CC2)(C(=O)O)C1. The number of aliphatic carboxylic acids is 1. The molecule has 4 heteroatoms. The first kappa shape index (κ1) is 15.8. The first-order chi connectivity index (χ1) is 9.52. The van der Waals surface area contributed by atoms with Gasteiger partial charge in [-0.1, -0.05) is 13.8 Å². The summed E-state index contributed by atoms with van der Waals surface area (Å²) in [6, 6.07) is 0.422. The maximum absolute atomic E-state index is 11.7. The summed E-state index contributed by atoms with van der Waals surface area (Å²) in [5.74, 6) is 0.0134. The third-order valence-electron chi connectivity index (χ3n) is 4.45. The molecule has 0 radical (unpaired) electrons. The van der Waals surface area contributed by atoms with Crippen LogP contribution in [0, 0.1) is 5.92 Å². The second-order valence-corrected chi connectivity index (χ2v) is 6.93. The zero-order chi connectivity index (χ0) is 14.6. The Bertz CT molecular complexity index is 328. The fourth-order valence-electron chi connectivity index (χ4n) is 3.11. The zero-order valence-electron chi connectivity index (χ0n) is 12.9. The number of rotatable bonds is 8. The van der Waals surface area contributed by atoms with Crippen molar-refractivity contribution in [3.8, 4) is 0 Å². The highest BCUT2D eigenvalue weighted by Crippen LogP contribution is 2.34. The Morgan fingerprint density at radius 2 is 2.15 bits per heavy atom. The zero-order valence-corrected chi connectivity index (χ0v) is 12.9. The van der Waals surface area contributed by atoms with Crippen molar-refractivity contribution in [1.29, 1.82) is 0 Å². The maximum atomic E-state index is 11.7. The second kappa shape index (κ2) is 6.90. The highest BCUT2D eigenvalue weighted by atomic mass is 16.5. The van der Waals surface area contributed by atoms with E-state index in [4.69, 9.17) is 4.74 Å². The summed E-state index contributed by atoms with van der Waals surface area (Å²) in [5.41, 5.74) is -0.734. The Morgan fingerprint density at radius 1 is 1.40 bits per heavy atom. The van der Waals surface area contributed by atoms with Gasteiger partial charge in [0, 0.05) is 19.1 Å². The Kier molecular flexibility index (Phi) is 5.44. The van der Waals surface area contributed by atoms with E-state index in [1.165, 1.54) is 6.42 Å². The Balaban J connectivity index is 1.80. The van der Waals surface area contributed by atoms with Crippen LogP contribution in [0.2, 0.25) is 0 Å². The van der Waals surface area contributed by atoms with Gasteiger partial charge in [-0.3, -0.25) is 10.1 Å². The molecule has 2 aliphatic rings. The van der Waals surface area contributed by atoms with Crippen LogP contribution in [-0.2, 0) is 9.53 Å². The molecule has 2 N–H and O–H groups in total. The van der Waals surface area contributed by atoms with Crippen molar-refractivity contribution in [2.24, 2.45) is 5.92 Å². The molecule has 0 bridgehead atoms. The van der Waals surface area contributed by atoms with Crippen LogP contribution in [0.25, 0.3) is 0 Å². The predicted octanol–water partition coefficient (Wildman–Crippen LogP) is 2.96. The summed E-state index contributed by atoms with van der Waals surface area (Å²) < 4.78 is 5.94. The predicted molar refractivity (Wildman–Crippen MR) is 78.8 cm³/mol. The third-order valence-corrected chi connectivity index (χ3v) is 4.45. The first-order valence-electron chi connectivity index (χ1n) is 8.14. The van der Waals surface area contributed by atoms with Crippen molar-refractivity contribution in [1.82, 2.24) is 5.32 Å². The molecule has 2 fully saturated rings. The van der Waals surface area contributed by atoms with E-state index in [0.29, 0.717) is 18.4 Å². The minimum Gasteiger partial charge on any atom is -0.480 e. The molecule has 0 aromatic heterocycles. The van der Waals surface area contributed by atoms with E-state index < -0.39 is 11.5 Å². The van der Waals surface area contributed by atoms with Crippen LogP contribution in [0.3, 0.4) is 0 Å². The standard InChI is InChI=1S/C16H29NO3/c1-12(2)5-4-10-20-14-6-3-9-16(11-14,15(18)19)17-13-7-8-13/h12-14,17H,3-11H2,1-2H3,(H,18,19). The monoisotopic (exact) mass is 283 g/mol. The van der Waals surface area contributed by atoms with Crippen LogP contribution >= 0.6 is 0 Å². The lowest BCUT2D eigenvalue weighted by Gasteiger charge is -2.38. The fourth-order valence-corrected chi connectivity index (χ4v) is 3.11. The Labute approximate surface area is 122 Å². The van der Waals surface area contributed by atoms with Gasteiger partial charge in [0.25, 0.3) is 0 Å². The molecule has 0 spiro atoms. The van der Waals surface area contributed by atoms with E-state index in [1.54, 1.807) is 0 Å². The molecule has 2 saturated carbocycles. The number of carboxylic acid groups (broad SMARTS) is 1. The van der Waals surface area contributed by atoms with Gasteiger partial charge in [0.2, 0.25) is 0 Å².